The molecule has 258 valence electrons. The van der Waals surface area contributed by atoms with Gasteiger partial charge in [0.1, 0.15) is 0 Å². The molecule has 0 N–H and O–H groups in total. The van der Waals surface area contributed by atoms with Crippen molar-refractivity contribution in [1.82, 2.24) is 0 Å². The Morgan fingerprint density at radius 2 is 0.691 bits per heavy atom. The van der Waals surface area contributed by atoms with Crippen molar-refractivity contribution < 1.29 is 0 Å². The number of nitrogens with zero attached hydrogens (tertiary/aromatic N) is 1. The molecule has 55 heavy (non-hydrogen) atoms. The summed E-state index contributed by atoms with van der Waals surface area (Å²) in [5.74, 6) is 0. The van der Waals surface area contributed by atoms with Crippen molar-refractivity contribution in [2.24, 2.45) is 0 Å². The van der Waals surface area contributed by atoms with Crippen LogP contribution in [-0.2, 0) is 0 Å². The van der Waals surface area contributed by atoms with Gasteiger partial charge in [-0.05, 0) is 119 Å². The number of anilines is 3. The molecule has 0 heterocycles. The van der Waals surface area contributed by atoms with Crippen molar-refractivity contribution in [3.63, 3.8) is 0 Å². The third-order valence-corrected chi connectivity index (χ3v) is 10.9. The Hall–Kier alpha value is -7.22. The Bertz CT molecular complexity index is 2940. The van der Waals surface area contributed by atoms with Crippen molar-refractivity contribution in [2.45, 2.75) is 0 Å². The molecule has 0 bridgehead atoms. The lowest BCUT2D eigenvalue weighted by molar-refractivity contribution is 1.28. The molecule has 0 saturated heterocycles. The average Bonchev–Trinajstić information content (AvgIpc) is 3.27. The topological polar surface area (TPSA) is 3.24 Å². The quantitative estimate of drug-likeness (QED) is 0.150. The summed E-state index contributed by atoms with van der Waals surface area (Å²) in [5.41, 5.74) is 13.0. The van der Waals surface area contributed by atoms with E-state index in [2.05, 4.69) is 229 Å². The van der Waals surface area contributed by atoms with Gasteiger partial charge in [0.15, 0.2) is 0 Å². The molecule has 0 aliphatic carbocycles. The fourth-order valence-corrected chi connectivity index (χ4v) is 8.19. The van der Waals surface area contributed by atoms with Crippen LogP contribution >= 0.6 is 0 Å². The third-order valence-electron chi connectivity index (χ3n) is 10.9. The fraction of sp³-hybridized carbons (Fsp3) is 0. The Morgan fingerprint density at radius 1 is 0.218 bits per heavy atom. The van der Waals surface area contributed by atoms with E-state index in [1.54, 1.807) is 0 Å². The molecule has 10 rings (SSSR count). The summed E-state index contributed by atoms with van der Waals surface area (Å²) in [7, 11) is 0. The van der Waals surface area contributed by atoms with Crippen LogP contribution in [0.3, 0.4) is 0 Å². The highest BCUT2D eigenvalue weighted by atomic mass is 15.1. The van der Waals surface area contributed by atoms with Crippen LogP contribution in [0.5, 0.6) is 0 Å². The van der Waals surface area contributed by atoms with Crippen LogP contribution in [-0.4, -0.2) is 0 Å². The van der Waals surface area contributed by atoms with Gasteiger partial charge in [-0.2, -0.15) is 0 Å². The molecule has 0 amide bonds. The molecular formula is C54H37N. The Balaban J connectivity index is 1.12. The minimum atomic E-state index is 1.10. The van der Waals surface area contributed by atoms with Crippen LogP contribution in [0.1, 0.15) is 0 Å². The first-order valence-electron chi connectivity index (χ1n) is 18.9. The van der Waals surface area contributed by atoms with E-state index in [0.717, 1.165) is 17.1 Å². The van der Waals surface area contributed by atoms with Gasteiger partial charge in [-0.1, -0.05) is 182 Å². The van der Waals surface area contributed by atoms with E-state index in [1.807, 2.05) is 0 Å². The second-order valence-corrected chi connectivity index (χ2v) is 14.1. The largest absolute Gasteiger partial charge is 0.310 e. The van der Waals surface area contributed by atoms with Crippen molar-refractivity contribution in [2.75, 3.05) is 4.90 Å². The van der Waals surface area contributed by atoms with E-state index in [-0.39, 0.29) is 0 Å². The molecular weight excluding hydrogens is 663 g/mol. The first-order chi connectivity index (χ1) is 27.3. The summed E-state index contributed by atoms with van der Waals surface area (Å²) in [4.78, 5) is 2.39. The van der Waals surface area contributed by atoms with Crippen LogP contribution in [0.25, 0.3) is 76.8 Å². The predicted octanol–water partition coefficient (Wildman–Crippen LogP) is 15.3. The molecule has 1 nitrogen and oxygen atoms in total. The molecule has 0 atom stereocenters. The summed E-state index contributed by atoms with van der Waals surface area (Å²) in [6.45, 7) is 0. The van der Waals surface area contributed by atoms with Gasteiger partial charge >= 0.3 is 0 Å². The van der Waals surface area contributed by atoms with Gasteiger partial charge in [-0.15, -0.1) is 0 Å². The molecule has 1 heteroatoms. The van der Waals surface area contributed by atoms with E-state index < -0.39 is 0 Å². The lowest BCUT2D eigenvalue weighted by Gasteiger charge is -2.27. The lowest BCUT2D eigenvalue weighted by Crippen LogP contribution is -2.10. The molecule has 0 aromatic heterocycles. The zero-order chi connectivity index (χ0) is 36.6. The molecule has 0 aliphatic rings. The maximum absolute atomic E-state index is 2.39. The molecule has 10 aromatic rings. The highest BCUT2D eigenvalue weighted by molar-refractivity contribution is 6.13. The zero-order valence-electron chi connectivity index (χ0n) is 30.3. The van der Waals surface area contributed by atoms with Gasteiger partial charge in [-0.25, -0.2) is 0 Å². The van der Waals surface area contributed by atoms with Gasteiger partial charge in [0.05, 0.1) is 0 Å². The molecule has 0 radical (unpaired) electrons. The molecule has 0 aliphatic heterocycles. The van der Waals surface area contributed by atoms with Crippen LogP contribution in [0.2, 0.25) is 0 Å². The van der Waals surface area contributed by atoms with Crippen molar-refractivity contribution in [3.8, 4) is 44.5 Å². The number of hydrogen-bond donors (Lipinski definition) is 0. The fourth-order valence-electron chi connectivity index (χ4n) is 8.19. The van der Waals surface area contributed by atoms with Crippen LogP contribution in [0, 0.1) is 0 Å². The van der Waals surface area contributed by atoms with Gasteiger partial charge in [0.2, 0.25) is 0 Å². The molecule has 0 spiro atoms. The smallest absolute Gasteiger partial charge is 0.0468 e. The zero-order valence-corrected chi connectivity index (χ0v) is 30.3. The van der Waals surface area contributed by atoms with Gasteiger partial charge in [0, 0.05) is 17.1 Å². The molecule has 0 fully saturated rings. The molecule has 0 saturated carbocycles. The van der Waals surface area contributed by atoms with E-state index in [9.17, 15) is 0 Å². The van der Waals surface area contributed by atoms with E-state index in [4.69, 9.17) is 0 Å². The third kappa shape index (κ3) is 6.02. The Kier molecular flexibility index (Phi) is 8.24. The second-order valence-electron chi connectivity index (χ2n) is 14.1. The summed E-state index contributed by atoms with van der Waals surface area (Å²) >= 11 is 0. The highest BCUT2D eigenvalue weighted by Gasteiger charge is 2.18. The summed E-state index contributed by atoms with van der Waals surface area (Å²) in [6.07, 6.45) is 0. The normalized spacial score (nSPS) is 11.3. The monoisotopic (exact) mass is 699 g/mol. The average molecular weight is 700 g/mol. The van der Waals surface area contributed by atoms with Crippen LogP contribution < -0.4 is 4.90 Å². The highest BCUT2D eigenvalue weighted by Crippen LogP contribution is 2.43. The van der Waals surface area contributed by atoms with Gasteiger partial charge in [0.25, 0.3) is 0 Å². The second kappa shape index (κ2) is 14.0. The lowest BCUT2D eigenvalue weighted by atomic mass is 9.93. The van der Waals surface area contributed by atoms with Crippen LogP contribution in [0.4, 0.5) is 17.1 Å². The van der Waals surface area contributed by atoms with Crippen molar-refractivity contribution >= 4 is 49.4 Å². The Labute approximate surface area is 322 Å². The number of hydrogen-bond acceptors (Lipinski definition) is 1. The van der Waals surface area contributed by atoms with Crippen molar-refractivity contribution in [3.05, 3.63) is 224 Å². The van der Waals surface area contributed by atoms with E-state index >= 15 is 0 Å². The predicted molar refractivity (Wildman–Crippen MR) is 235 cm³/mol. The number of benzene rings is 10. The molecule has 10 aromatic carbocycles. The number of rotatable bonds is 7. The van der Waals surface area contributed by atoms with Crippen LogP contribution in [0.15, 0.2) is 224 Å². The number of fused-ring (bicyclic) bond motifs is 4. The van der Waals surface area contributed by atoms with Crippen molar-refractivity contribution in [1.29, 1.82) is 0 Å². The standard InChI is InChI=1S/C54H37N/c1-3-14-38(15-4-1)50-35-34-46(37-54(50)40-16-5-2-6-17-40)55(44-30-26-41(27-31-44)48-25-13-20-39-18-7-9-21-47(39)48)45-32-28-42(29-33-45)53-36-43-19-8-10-22-49(43)51-23-11-12-24-52(51)53/h1-37H. The minimum absolute atomic E-state index is 1.10. The SMILES string of the molecule is c1ccc(-c2ccc(N(c3ccc(-c4cccc5ccccc45)cc3)c3ccc(-c4cc5ccccc5c5ccccc45)cc3)cc2-c2ccccc2)cc1. The first-order valence-corrected chi connectivity index (χ1v) is 18.9. The maximum atomic E-state index is 2.39. The summed E-state index contributed by atoms with van der Waals surface area (Å²) in [5, 5.41) is 7.58. The minimum Gasteiger partial charge on any atom is -0.310 e. The maximum Gasteiger partial charge on any atom is 0.0468 e. The van der Waals surface area contributed by atoms with Gasteiger partial charge in [-0.3, -0.25) is 0 Å². The van der Waals surface area contributed by atoms with Gasteiger partial charge < -0.3 is 4.90 Å². The Morgan fingerprint density at radius 3 is 1.36 bits per heavy atom. The van der Waals surface area contributed by atoms with E-state index in [1.165, 1.54) is 76.8 Å². The summed E-state index contributed by atoms with van der Waals surface area (Å²) < 4.78 is 0. The first kappa shape index (κ1) is 32.4. The molecule has 0 unspecified atom stereocenters. The van der Waals surface area contributed by atoms with E-state index in [0.29, 0.717) is 0 Å². The summed E-state index contributed by atoms with van der Waals surface area (Å²) in [6, 6.07) is 81.4.